The number of ether oxygens (including phenoxy) is 2. The van der Waals surface area contributed by atoms with E-state index in [0.717, 1.165) is 0 Å². The molecule has 1 amide bonds. The van der Waals surface area contributed by atoms with Gasteiger partial charge in [-0.1, -0.05) is 6.92 Å². The molecule has 0 bridgehead atoms. The topological polar surface area (TPSA) is 117 Å². The molecule has 21 heavy (non-hydrogen) atoms. The normalized spacial score (nSPS) is 16.0. The van der Waals surface area contributed by atoms with Gasteiger partial charge in [0.25, 0.3) is 5.69 Å². The highest BCUT2D eigenvalue weighted by Crippen LogP contribution is 2.39. The zero-order valence-electron chi connectivity index (χ0n) is 11.8. The average Bonchev–Trinajstić information content (AvgIpc) is 2.45. The van der Waals surface area contributed by atoms with Gasteiger partial charge in [-0.2, -0.15) is 0 Å². The Hall–Kier alpha value is -2.35. The number of carbonyl (C=O) groups is 1. The van der Waals surface area contributed by atoms with Crippen LogP contribution in [-0.4, -0.2) is 30.1 Å². The van der Waals surface area contributed by atoms with Gasteiger partial charge in [0.1, 0.15) is 18.9 Å². The minimum absolute atomic E-state index is 0.0711. The van der Waals surface area contributed by atoms with Gasteiger partial charge in [0, 0.05) is 12.1 Å². The van der Waals surface area contributed by atoms with Crippen LogP contribution in [0.4, 0.5) is 11.4 Å². The Bertz CT molecular complexity index is 573. The maximum Gasteiger partial charge on any atom is 0.296 e. The van der Waals surface area contributed by atoms with Crippen molar-refractivity contribution in [3.05, 3.63) is 22.2 Å². The van der Waals surface area contributed by atoms with Crippen molar-refractivity contribution < 1.29 is 19.2 Å². The standard InChI is InChI=1S/C13H17N3O5/c1-7(8(2)14)13(17)15-9-5-11-12(21-4-3-20-11)6-10(9)16(18)19/h5-8H,3-4,14H2,1-2H3,(H,15,17). The van der Waals surface area contributed by atoms with E-state index in [4.69, 9.17) is 15.2 Å². The first kappa shape index (κ1) is 15.0. The van der Waals surface area contributed by atoms with Gasteiger partial charge in [-0.3, -0.25) is 14.9 Å². The van der Waals surface area contributed by atoms with E-state index in [1.54, 1.807) is 13.8 Å². The van der Waals surface area contributed by atoms with Crippen molar-refractivity contribution in [1.29, 1.82) is 0 Å². The SMILES string of the molecule is CC(N)C(C)C(=O)Nc1cc2c(cc1[N+](=O)[O-])OCCO2. The van der Waals surface area contributed by atoms with Crippen LogP contribution < -0.4 is 20.5 Å². The first-order valence-electron chi connectivity index (χ1n) is 6.54. The molecule has 0 saturated carbocycles. The van der Waals surface area contributed by atoms with Crippen LogP contribution in [0.1, 0.15) is 13.8 Å². The van der Waals surface area contributed by atoms with Crippen molar-refractivity contribution >= 4 is 17.3 Å². The molecule has 2 rings (SSSR count). The van der Waals surface area contributed by atoms with Crippen LogP contribution in [0, 0.1) is 16.0 Å². The highest BCUT2D eigenvalue weighted by Gasteiger charge is 2.25. The largest absolute Gasteiger partial charge is 0.486 e. The second-order valence-corrected chi connectivity index (χ2v) is 4.91. The van der Waals surface area contributed by atoms with Crippen LogP contribution >= 0.6 is 0 Å². The summed E-state index contributed by atoms with van der Waals surface area (Å²) in [5.41, 5.74) is 5.49. The first-order valence-corrected chi connectivity index (χ1v) is 6.54. The van der Waals surface area contributed by atoms with E-state index in [2.05, 4.69) is 5.32 Å². The summed E-state index contributed by atoms with van der Waals surface area (Å²) in [4.78, 5) is 22.6. The van der Waals surface area contributed by atoms with Gasteiger partial charge < -0.3 is 20.5 Å². The third-order valence-corrected chi connectivity index (χ3v) is 3.32. The highest BCUT2D eigenvalue weighted by molar-refractivity contribution is 5.95. The predicted octanol–water partition coefficient (Wildman–Crippen LogP) is 1.29. The number of fused-ring (bicyclic) bond motifs is 1. The molecular formula is C13H17N3O5. The molecule has 0 saturated heterocycles. The van der Waals surface area contributed by atoms with Crippen LogP contribution in [0.2, 0.25) is 0 Å². The van der Waals surface area contributed by atoms with Gasteiger partial charge in [-0.15, -0.1) is 0 Å². The van der Waals surface area contributed by atoms with E-state index in [0.29, 0.717) is 24.7 Å². The Morgan fingerprint density at radius 2 is 1.90 bits per heavy atom. The minimum Gasteiger partial charge on any atom is -0.486 e. The average molecular weight is 295 g/mol. The second-order valence-electron chi connectivity index (χ2n) is 4.91. The number of amides is 1. The number of rotatable bonds is 4. The van der Waals surface area contributed by atoms with Gasteiger partial charge >= 0.3 is 0 Å². The number of nitrogens with one attached hydrogen (secondary N) is 1. The lowest BCUT2D eigenvalue weighted by atomic mass is 10.0. The third kappa shape index (κ3) is 3.22. The van der Waals surface area contributed by atoms with Crippen LogP contribution in [0.25, 0.3) is 0 Å². The Kier molecular flexibility index (Phi) is 4.27. The number of hydrogen-bond donors (Lipinski definition) is 2. The Morgan fingerprint density at radius 3 is 2.43 bits per heavy atom. The lowest BCUT2D eigenvalue weighted by molar-refractivity contribution is -0.384. The monoisotopic (exact) mass is 295 g/mol. The van der Waals surface area contributed by atoms with E-state index in [-0.39, 0.29) is 23.3 Å². The summed E-state index contributed by atoms with van der Waals surface area (Å²) in [6.07, 6.45) is 0. The molecule has 0 fully saturated rings. The van der Waals surface area contributed by atoms with Crippen LogP contribution in [0.5, 0.6) is 11.5 Å². The van der Waals surface area contributed by atoms with Crippen molar-refractivity contribution in [2.45, 2.75) is 19.9 Å². The second kappa shape index (κ2) is 5.96. The van der Waals surface area contributed by atoms with Crippen LogP contribution in [-0.2, 0) is 4.79 Å². The summed E-state index contributed by atoms with van der Waals surface area (Å²) in [5, 5.41) is 13.7. The molecule has 8 nitrogen and oxygen atoms in total. The molecule has 114 valence electrons. The molecule has 1 aliphatic heterocycles. The highest BCUT2D eigenvalue weighted by atomic mass is 16.6. The molecule has 1 aromatic rings. The number of carbonyl (C=O) groups excluding carboxylic acids is 1. The predicted molar refractivity (Wildman–Crippen MR) is 75.5 cm³/mol. The lowest BCUT2D eigenvalue weighted by Crippen LogP contribution is -2.34. The summed E-state index contributed by atoms with van der Waals surface area (Å²) in [7, 11) is 0. The maximum absolute atomic E-state index is 12.0. The van der Waals surface area contributed by atoms with Gasteiger partial charge in [0.05, 0.1) is 16.9 Å². The maximum atomic E-state index is 12.0. The molecule has 0 radical (unpaired) electrons. The summed E-state index contributed by atoms with van der Waals surface area (Å²) in [6, 6.07) is 2.29. The van der Waals surface area contributed by atoms with Crippen molar-refractivity contribution in [2.75, 3.05) is 18.5 Å². The van der Waals surface area contributed by atoms with E-state index in [9.17, 15) is 14.9 Å². The van der Waals surface area contributed by atoms with Gasteiger partial charge in [0.2, 0.25) is 5.91 Å². The molecule has 1 aromatic carbocycles. The van der Waals surface area contributed by atoms with E-state index >= 15 is 0 Å². The molecule has 1 heterocycles. The fraction of sp³-hybridized carbons (Fsp3) is 0.462. The van der Waals surface area contributed by atoms with Crippen LogP contribution in [0.3, 0.4) is 0 Å². The number of nitro groups is 1. The third-order valence-electron chi connectivity index (χ3n) is 3.32. The molecular weight excluding hydrogens is 278 g/mol. The summed E-state index contributed by atoms with van der Waals surface area (Å²) >= 11 is 0. The number of nitrogens with zero attached hydrogens (tertiary/aromatic N) is 1. The van der Waals surface area contributed by atoms with Crippen molar-refractivity contribution in [1.82, 2.24) is 0 Å². The summed E-state index contributed by atoms with van der Waals surface area (Å²) < 4.78 is 10.7. The summed E-state index contributed by atoms with van der Waals surface area (Å²) in [6.45, 7) is 4.04. The molecule has 0 aromatic heterocycles. The van der Waals surface area contributed by atoms with Crippen molar-refractivity contribution in [3.63, 3.8) is 0 Å². The minimum atomic E-state index is -0.579. The molecule has 0 spiro atoms. The molecule has 8 heteroatoms. The van der Waals surface area contributed by atoms with E-state index in [1.165, 1.54) is 12.1 Å². The molecule has 0 aliphatic carbocycles. The van der Waals surface area contributed by atoms with E-state index < -0.39 is 10.8 Å². The Labute approximate surface area is 121 Å². The smallest absolute Gasteiger partial charge is 0.296 e. The number of nitrogens with two attached hydrogens (primary N) is 1. The van der Waals surface area contributed by atoms with Gasteiger partial charge in [-0.05, 0) is 6.92 Å². The fourth-order valence-corrected chi connectivity index (χ4v) is 1.81. The fourth-order valence-electron chi connectivity index (χ4n) is 1.81. The zero-order valence-corrected chi connectivity index (χ0v) is 11.8. The lowest BCUT2D eigenvalue weighted by Gasteiger charge is -2.20. The molecule has 2 atom stereocenters. The summed E-state index contributed by atoms with van der Waals surface area (Å²) in [5.74, 6) is -0.190. The quantitative estimate of drug-likeness (QED) is 0.638. The number of benzene rings is 1. The first-order chi connectivity index (χ1) is 9.90. The number of hydrogen-bond acceptors (Lipinski definition) is 6. The van der Waals surface area contributed by atoms with E-state index in [1.807, 2.05) is 0 Å². The van der Waals surface area contributed by atoms with Crippen LogP contribution in [0.15, 0.2) is 12.1 Å². The number of anilines is 1. The molecule has 3 N–H and O–H groups in total. The van der Waals surface area contributed by atoms with Gasteiger partial charge in [-0.25, -0.2) is 0 Å². The Morgan fingerprint density at radius 1 is 1.33 bits per heavy atom. The number of nitro benzene ring substituents is 1. The molecule has 2 unspecified atom stereocenters. The zero-order chi connectivity index (χ0) is 15.6. The Balaban J connectivity index is 2.33. The van der Waals surface area contributed by atoms with Crippen molar-refractivity contribution in [3.8, 4) is 11.5 Å². The van der Waals surface area contributed by atoms with Gasteiger partial charge in [0.15, 0.2) is 11.5 Å². The molecule has 1 aliphatic rings. The van der Waals surface area contributed by atoms with Crippen molar-refractivity contribution in [2.24, 2.45) is 11.7 Å².